The molecule has 12 heavy (non-hydrogen) atoms. The largest absolute Gasteiger partial charge is 0.316 e. The number of hydrogen-bond acceptors (Lipinski definition) is 1. The first kappa shape index (κ1) is 9.93. The van der Waals surface area contributed by atoms with E-state index in [1.54, 1.807) is 0 Å². The van der Waals surface area contributed by atoms with Crippen LogP contribution in [0.25, 0.3) is 0 Å². The van der Waals surface area contributed by atoms with Gasteiger partial charge in [-0.2, -0.15) is 8.78 Å². The van der Waals surface area contributed by atoms with Crippen molar-refractivity contribution in [2.24, 2.45) is 11.8 Å². The van der Waals surface area contributed by atoms with Gasteiger partial charge in [-0.05, 0) is 43.3 Å². The van der Waals surface area contributed by atoms with Crippen LogP contribution in [0.3, 0.4) is 0 Å². The summed E-state index contributed by atoms with van der Waals surface area (Å²) in [6.45, 7) is 1.86. The number of halogens is 3. The molecule has 2 atom stereocenters. The first-order chi connectivity index (χ1) is 5.27. The molecule has 1 aliphatic heterocycles. The molecule has 1 saturated carbocycles. The molecule has 0 amide bonds. The summed E-state index contributed by atoms with van der Waals surface area (Å²) < 4.78 is 24.2. The van der Waals surface area contributed by atoms with Crippen molar-refractivity contribution in [2.75, 3.05) is 13.1 Å². The van der Waals surface area contributed by atoms with Gasteiger partial charge in [0.1, 0.15) is 0 Å². The van der Waals surface area contributed by atoms with Crippen molar-refractivity contribution >= 4 is 12.4 Å². The van der Waals surface area contributed by atoms with Gasteiger partial charge >= 0.3 is 0 Å². The Morgan fingerprint density at radius 2 is 1.67 bits per heavy atom. The van der Waals surface area contributed by atoms with Crippen LogP contribution < -0.4 is 5.32 Å². The van der Waals surface area contributed by atoms with Crippen molar-refractivity contribution in [3.63, 3.8) is 0 Å². The van der Waals surface area contributed by atoms with Crippen molar-refractivity contribution in [1.82, 2.24) is 5.32 Å². The number of nitrogens with one attached hydrogen (secondary N) is 1. The molecular weight excluding hydrogens is 184 g/mol. The van der Waals surface area contributed by atoms with E-state index < -0.39 is 6.08 Å². The second-order valence-corrected chi connectivity index (χ2v) is 3.45. The van der Waals surface area contributed by atoms with Gasteiger partial charge in [0.2, 0.25) is 0 Å². The maximum atomic E-state index is 12.1. The van der Waals surface area contributed by atoms with Gasteiger partial charge in [0.15, 0.2) is 0 Å². The minimum absolute atomic E-state index is 0. The summed E-state index contributed by atoms with van der Waals surface area (Å²) >= 11 is 0. The van der Waals surface area contributed by atoms with Gasteiger partial charge in [0.25, 0.3) is 6.08 Å². The molecule has 0 spiro atoms. The van der Waals surface area contributed by atoms with Crippen LogP contribution in [0, 0.1) is 11.8 Å². The lowest BCUT2D eigenvalue weighted by Crippen LogP contribution is -2.09. The van der Waals surface area contributed by atoms with E-state index in [1.807, 2.05) is 0 Å². The van der Waals surface area contributed by atoms with Gasteiger partial charge in [0.05, 0.1) is 0 Å². The summed E-state index contributed by atoms with van der Waals surface area (Å²) in [7, 11) is 0. The lowest BCUT2D eigenvalue weighted by molar-refractivity contribution is 0.406. The lowest BCUT2D eigenvalue weighted by atomic mass is 10.0. The van der Waals surface area contributed by atoms with E-state index in [9.17, 15) is 8.78 Å². The van der Waals surface area contributed by atoms with Gasteiger partial charge in [-0.1, -0.05) is 0 Å². The van der Waals surface area contributed by atoms with E-state index in [0.29, 0.717) is 30.3 Å². The molecule has 70 valence electrons. The summed E-state index contributed by atoms with van der Waals surface area (Å²) in [4.78, 5) is 0. The topological polar surface area (TPSA) is 12.0 Å². The molecule has 0 aromatic heterocycles. The van der Waals surface area contributed by atoms with Gasteiger partial charge < -0.3 is 5.32 Å². The molecular formula is C8H12ClF2N. The number of hydrogen-bond donors (Lipinski definition) is 1. The Bertz CT molecular complexity index is 187. The summed E-state index contributed by atoms with van der Waals surface area (Å²) in [5.74, 6) is 0.984. The van der Waals surface area contributed by atoms with E-state index in [1.165, 1.54) is 0 Å². The third kappa shape index (κ3) is 1.62. The molecule has 0 unspecified atom stereocenters. The normalized spacial score (nSPS) is 33.0. The van der Waals surface area contributed by atoms with Gasteiger partial charge in [-0.25, -0.2) is 0 Å². The third-order valence-electron chi connectivity index (χ3n) is 2.76. The van der Waals surface area contributed by atoms with Crippen molar-refractivity contribution in [1.29, 1.82) is 0 Å². The standard InChI is InChI=1S/C8H11F2N.ClH/c9-8(10)5-1-6-3-11-4-7(6)2-5;/h6-7,11H,1-4H2;1H/t6-,7+;. The van der Waals surface area contributed by atoms with Crippen LogP contribution in [0.2, 0.25) is 0 Å². The van der Waals surface area contributed by atoms with Crippen molar-refractivity contribution < 1.29 is 8.78 Å². The predicted molar refractivity (Wildman–Crippen MR) is 45.6 cm³/mol. The highest BCUT2D eigenvalue weighted by Crippen LogP contribution is 2.39. The first-order valence-corrected chi connectivity index (χ1v) is 4.01. The van der Waals surface area contributed by atoms with Crippen LogP contribution in [0.1, 0.15) is 12.8 Å². The average molecular weight is 196 g/mol. The van der Waals surface area contributed by atoms with E-state index in [-0.39, 0.29) is 12.4 Å². The van der Waals surface area contributed by atoms with Crippen LogP contribution in [-0.2, 0) is 0 Å². The SMILES string of the molecule is Cl.FC(F)=C1C[C@H]2CNC[C@H]2C1. The van der Waals surface area contributed by atoms with Gasteiger partial charge in [-0.3, -0.25) is 0 Å². The fraction of sp³-hybridized carbons (Fsp3) is 0.750. The Morgan fingerprint density at radius 1 is 1.17 bits per heavy atom. The fourth-order valence-corrected chi connectivity index (χ4v) is 2.14. The molecule has 1 saturated heterocycles. The molecule has 0 radical (unpaired) electrons. The molecule has 1 nitrogen and oxygen atoms in total. The summed E-state index contributed by atoms with van der Waals surface area (Å²) in [5.41, 5.74) is 0.404. The lowest BCUT2D eigenvalue weighted by Gasteiger charge is -2.02. The van der Waals surface area contributed by atoms with Crippen LogP contribution in [0.5, 0.6) is 0 Å². The smallest absolute Gasteiger partial charge is 0.269 e. The Hall–Kier alpha value is -0.150. The number of fused-ring (bicyclic) bond motifs is 1. The maximum absolute atomic E-state index is 12.1. The fourth-order valence-electron chi connectivity index (χ4n) is 2.14. The van der Waals surface area contributed by atoms with Crippen LogP contribution in [0.15, 0.2) is 11.7 Å². The molecule has 1 N–H and O–H groups in total. The maximum Gasteiger partial charge on any atom is 0.269 e. The molecule has 0 aromatic carbocycles. The molecule has 2 fully saturated rings. The number of allylic oxidation sites excluding steroid dienone is 1. The molecule has 2 aliphatic rings. The zero-order valence-electron chi connectivity index (χ0n) is 6.65. The highest BCUT2D eigenvalue weighted by Gasteiger charge is 2.35. The van der Waals surface area contributed by atoms with Crippen molar-refractivity contribution in [2.45, 2.75) is 12.8 Å². The number of rotatable bonds is 0. The summed E-state index contributed by atoms with van der Waals surface area (Å²) in [5, 5.41) is 3.22. The third-order valence-corrected chi connectivity index (χ3v) is 2.76. The van der Waals surface area contributed by atoms with E-state index >= 15 is 0 Å². The Morgan fingerprint density at radius 3 is 2.08 bits per heavy atom. The second kappa shape index (κ2) is 3.71. The van der Waals surface area contributed by atoms with Gasteiger partial charge in [0, 0.05) is 0 Å². The Balaban J connectivity index is 0.000000720. The first-order valence-electron chi connectivity index (χ1n) is 4.01. The minimum atomic E-state index is -1.43. The molecule has 1 heterocycles. The minimum Gasteiger partial charge on any atom is -0.316 e. The molecule has 4 heteroatoms. The van der Waals surface area contributed by atoms with Crippen molar-refractivity contribution in [3.05, 3.63) is 11.7 Å². The van der Waals surface area contributed by atoms with E-state index in [2.05, 4.69) is 5.32 Å². The molecule has 1 aliphatic carbocycles. The van der Waals surface area contributed by atoms with E-state index in [4.69, 9.17) is 0 Å². The molecule has 0 aromatic rings. The van der Waals surface area contributed by atoms with Crippen LogP contribution in [0.4, 0.5) is 8.78 Å². The highest BCUT2D eigenvalue weighted by molar-refractivity contribution is 5.85. The second-order valence-electron chi connectivity index (χ2n) is 3.45. The quantitative estimate of drug-likeness (QED) is 0.625. The summed E-state index contributed by atoms with van der Waals surface area (Å²) in [6, 6.07) is 0. The molecule has 2 rings (SSSR count). The molecule has 0 bridgehead atoms. The van der Waals surface area contributed by atoms with Crippen LogP contribution >= 0.6 is 12.4 Å². The monoisotopic (exact) mass is 195 g/mol. The zero-order valence-corrected chi connectivity index (χ0v) is 7.46. The van der Waals surface area contributed by atoms with Crippen LogP contribution in [-0.4, -0.2) is 13.1 Å². The van der Waals surface area contributed by atoms with Gasteiger partial charge in [-0.15, -0.1) is 12.4 Å². The van der Waals surface area contributed by atoms with Crippen molar-refractivity contribution in [3.8, 4) is 0 Å². The Labute approximate surface area is 76.6 Å². The van der Waals surface area contributed by atoms with E-state index in [0.717, 1.165) is 13.1 Å². The predicted octanol–water partition coefficient (Wildman–Crippen LogP) is 2.19. The zero-order chi connectivity index (χ0) is 7.84. The Kier molecular flexibility index (Phi) is 3.07. The summed E-state index contributed by atoms with van der Waals surface area (Å²) in [6.07, 6.45) is -0.181. The highest BCUT2D eigenvalue weighted by atomic mass is 35.5. The average Bonchev–Trinajstić information content (AvgIpc) is 2.40.